The number of halogens is 1. The first-order chi connectivity index (χ1) is 22.6. The Morgan fingerprint density at radius 2 is 1.83 bits per heavy atom. The molecule has 2 N–H and O–H groups in total. The van der Waals surface area contributed by atoms with Crippen molar-refractivity contribution in [3.8, 4) is 22.7 Å². The number of benzene rings is 3. The van der Waals surface area contributed by atoms with Gasteiger partial charge >= 0.3 is 0 Å². The number of amides is 1. The monoisotopic (exact) mass is 633 g/mol. The van der Waals surface area contributed by atoms with Crippen LogP contribution in [0.2, 0.25) is 0 Å². The summed E-state index contributed by atoms with van der Waals surface area (Å²) in [7, 11) is 0. The number of phenols is 1. The van der Waals surface area contributed by atoms with Crippen molar-refractivity contribution in [3.63, 3.8) is 0 Å². The van der Waals surface area contributed by atoms with Crippen LogP contribution in [0.15, 0.2) is 84.2 Å². The highest BCUT2D eigenvalue weighted by Crippen LogP contribution is 2.35. The lowest BCUT2D eigenvalue weighted by molar-refractivity contribution is 0.0303. The molecule has 4 heterocycles. The maximum absolute atomic E-state index is 15.3. The van der Waals surface area contributed by atoms with Gasteiger partial charge in [-0.25, -0.2) is 14.4 Å². The zero-order chi connectivity index (χ0) is 32.9. The Hall–Kier alpha value is -5.62. The zero-order valence-corrected chi connectivity index (χ0v) is 26.1. The van der Waals surface area contributed by atoms with E-state index in [2.05, 4.69) is 15.4 Å². The normalized spacial score (nSPS) is 13.7. The Morgan fingerprint density at radius 3 is 2.57 bits per heavy atom. The number of hydrogen-bond donors (Lipinski definition) is 2. The molecule has 0 unspecified atom stereocenters. The molecule has 1 aliphatic rings. The van der Waals surface area contributed by atoms with Gasteiger partial charge in [-0.2, -0.15) is 9.78 Å². The molecule has 0 atom stereocenters. The first kappa shape index (κ1) is 30.1. The molecule has 47 heavy (non-hydrogen) atoms. The summed E-state index contributed by atoms with van der Waals surface area (Å²) in [4.78, 5) is 37.4. The highest BCUT2D eigenvalue weighted by Gasteiger charge is 2.22. The fourth-order valence-electron chi connectivity index (χ4n) is 5.67. The van der Waals surface area contributed by atoms with Crippen molar-refractivity contribution in [2.45, 2.75) is 26.2 Å². The topological polar surface area (TPSA) is 127 Å². The molecular weight excluding hydrogens is 601 g/mol. The second kappa shape index (κ2) is 11.6. The highest BCUT2D eigenvalue weighted by atomic mass is 19.1. The van der Waals surface area contributed by atoms with Gasteiger partial charge in [0.1, 0.15) is 11.5 Å². The van der Waals surface area contributed by atoms with E-state index in [0.29, 0.717) is 65.7 Å². The molecule has 7 rings (SSSR count). The number of ether oxygens (including phenoxy) is 1. The summed E-state index contributed by atoms with van der Waals surface area (Å²) in [6.45, 7) is 8.07. The summed E-state index contributed by atoms with van der Waals surface area (Å²) >= 11 is 0. The second-order valence-corrected chi connectivity index (χ2v) is 12.4. The van der Waals surface area contributed by atoms with Crippen LogP contribution in [-0.2, 0) is 10.2 Å². The summed E-state index contributed by atoms with van der Waals surface area (Å²) in [6, 6.07) is 15.1. The molecule has 0 saturated carbocycles. The molecule has 3 aromatic heterocycles. The van der Waals surface area contributed by atoms with Crippen molar-refractivity contribution < 1.29 is 19.0 Å². The lowest BCUT2D eigenvalue weighted by atomic mass is 9.86. The van der Waals surface area contributed by atoms with Gasteiger partial charge in [-0.05, 0) is 59.5 Å². The van der Waals surface area contributed by atoms with E-state index >= 15 is 4.39 Å². The second-order valence-electron chi connectivity index (χ2n) is 12.4. The van der Waals surface area contributed by atoms with Crippen molar-refractivity contribution in [3.05, 3.63) is 107 Å². The van der Waals surface area contributed by atoms with E-state index in [0.717, 1.165) is 10.2 Å². The maximum Gasteiger partial charge on any atom is 0.282 e. The van der Waals surface area contributed by atoms with Crippen molar-refractivity contribution in [1.82, 2.24) is 29.0 Å². The van der Waals surface area contributed by atoms with Gasteiger partial charge in [-0.3, -0.25) is 9.59 Å². The average Bonchev–Trinajstić information content (AvgIpc) is 3.54. The first-order valence-electron chi connectivity index (χ1n) is 15.2. The van der Waals surface area contributed by atoms with Crippen LogP contribution in [-0.4, -0.2) is 66.4 Å². The predicted octanol–water partition coefficient (Wildman–Crippen LogP) is 5.45. The molecule has 0 spiro atoms. The number of nitrogens with zero attached hydrogens (tertiary/aromatic N) is 6. The number of morpholine rings is 1. The van der Waals surface area contributed by atoms with Crippen LogP contribution in [0.3, 0.4) is 0 Å². The average molecular weight is 634 g/mol. The fourth-order valence-corrected chi connectivity index (χ4v) is 5.67. The Labute approximate surface area is 268 Å². The van der Waals surface area contributed by atoms with Crippen LogP contribution >= 0.6 is 0 Å². The number of nitrogens with one attached hydrogen (secondary N) is 1. The number of carbonyl (C=O) groups excluding carboxylic acids is 1. The molecular formula is C35H32FN7O4. The van der Waals surface area contributed by atoms with Gasteiger partial charge in [0.25, 0.3) is 11.5 Å². The summed E-state index contributed by atoms with van der Waals surface area (Å²) in [5.41, 5.74) is 2.30. The molecule has 1 fully saturated rings. The summed E-state index contributed by atoms with van der Waals surface area (Å²) < 4.78 is 23.4. The van der Waals surface area contributed by atoms with Crippen LogP contribution in [0.25, 0.3) is 33.4 Å². The minimum Gasteiger partial charge on any atom is -0.505 e. The van der Waals surface area contributed by atoms with Crippen molar-refractivity contribution in [2.75, 3.05) is 31.6 Å². The molecule has 1 amide bonds. The van der Waals surface area contributed by atoms with Gasteiger partial charge in [0.15, 0.2) is 17.2 Å². The van der Waals surface area contributed by atoms with E-state index in [4.69, 9.17) is 9.72 Å². The van der Waals surface area contributed by atoms with Gasteiger partial charge < -0.3 is 24.5 Å². The largest absolute Gasteiger partial charge is 0.505 e. The molecule has 0 radical (unpaired) electrons. The third-order valence-corrected chi connectivity index (χ3v) is 8.29. The Morgan fingerprint density at radius 1 is 1.06 bits per heavy atom. The molecule has 1 saturated heterocycles. The minimum atomic E-state index is -0.691. The molecule has 3 aromatic carbocycles. The zero-order valence-electron chi connectivity index (χ0n) is 26.1. The van der Waals surface area contributed by atoms with Gasteiger partial charge in [-0.1, -0.05) is 26.8 Å². The van der Waals surface area contributed by atoms with Crippen LogP contribution in [0, 0.1) is 5.82 Å². The number of para-hydroxylation sites is 1. The third-order valence-electron chi connectivity index (χ3n) is 8.29. The molecule has 11 nitrogen and oxygen atoms in total. The number of carbonyl (C=O) groups is 1. The number of rotatable bonds is 5. The van der Waals surface area contributed by atoms with E-state index in [9.17, 15) is 14.7 Å². The fraction of sp³-hybridized carbons (Fsp3) is 0.229. The van der Waals surface area contributed by atoms with E-state index in [1.165, 1.54) is 18.3 Å². The van der Waals surface area contributed by atoms with Crippen molar-refractivity contribution in [2.24, 2.45) is 0 Å². The summed E-state index contributed by atoms with van der Waals surface area (Å²) in [5.74, 6) is -0.548. The Bertz CT molecular complexity index is 2220. The first-order valence-corrected chi connectivity index (χ1v) is 15.2. The molecule has 6 aromatic rings. The van der Waals surface area contributed by atoms with Crippen LogP contribution in [0.4, 0.5) is 15.9 Å². The number of aromatic hydroxyl groups is 1. The lowest BCUT2D eigenvalue weighted by Gasteiger charge is -2.26. The molecule has 0 bridgehead atoms. The number of anilines is 2. The maximum atomic E-state index is 15.3. The lowest BCUT2D eigenvalue weighted by Crippen LogP contribution is -2.40. The van der Waals surface area contributed by atoms with Crippen LogP contribution in [0.5, 0.6) is 5.75 Å². The van der Waals surface area contributed by atoms with Gasteiger partial charge in [0.2, 0.25) is 0 Å². The minimum absolute atomic E-state index is 0.0524. The Kier molecular flexibility index (Phi) is 7.44. The molecule has 12 heteroatoms. The number of aromatic nitrogens is 5. The van der Waals surface area contributed by atoms with Crippen LogP contribution in [0.1, 0.15) is 36.7 Å². The van der Waals surface area contributed by atoms with E-state index in [1.54, 1.807) is 70.4 Å². The predicted molar refractivity (Wildman–Crippen MR) is 176 cm³/mol. The highest BCUT2D eigenvalue weighted by molar-refractivity contribution is 5.94. The van der Waals surface area contributed by atoms with Crippen molar-refractivity contribution in [1.29, 1.82) is 0 Å². The molecule has 238 valence electrons. The number of imidazole rings is 1. The standard InChI is InChI=1S/C35H32FN7O4/c1-35(2,3)23-17-22-19-38-43(34(46)29(22)26(36)18-23)28-6-4-5-25(30(28)44)27-20-42-12-11-37-32(42)31(40-27)39-24-9-7-21(8-10-24)33(45)41-13-15-47-16-14-41/h4-12,17-20,44H,13-16H2,1-3H3,(H,39,40). The van der Waals surface area contributed by atoms with Crippen LogP contribution < -0.4 is 10.9 Å². The number of phenolic OH excluding ortho intramolecular Hbond substituents is 1. The third kappa shape index (κ3) is 5.57. The SMILES string of the molecule is CC(C)(C)c1cc(F)c2c(=O)n(-c3cccc(-c4cn5ccnc5c(Nc5ccc(C(=O)N6CCOCC6)cc5)n4)c3O)ncc2c1. The van der Waals surface area contributed by atoms with Gasteiger partial charge in [0.05, 0.1) is 30.5 Å². The summed E-state index contributed by atoms with van der Waals surface area (Å²) in [6.07, 6.45) is 6.52. The quantitative estimate of drug-likeness (QED) is 0.257. The van der Waals surface area contributed by atoms with E-state index in [-0.39, 0.29) is 28.1 Å². The van der Waals surface area contributed by atoms with E-state index < -0.39 is 11.4 Å². The molecule has 1 aliphatic heterocycles. The van der Waals surface area contributed by atoms with Gasteiger partial charge in [-0.15, -0.1) is 0 Å². The number of fused-ring (bicyclic) bond motifs is 2. The number of hydrogen-bond acceptors (Lipinski definition) is 8. The Balaban J connectivity index is 1.24. The van der Waals surface area contributed by atoms with E-state index in [1.807, 2.05) is 20.8 Å². The summed E-state index contributed by atoms with van der Waals surface area (Å²) in [5, 5.41) is 19.3. The van der Waals surface area contributed by atoms with Crippen molar-refractivity contribution >= 4 is 33.8 Å². The molecule has 0 aliphatic carbocycles. The van der Waals surface area contributed by atoms with Gasteiger partial charge in [0, 0.05) is 53.9 Å². The smallest absolute Gasteiger partial charge is 0.282 e.